The van der Waals surface area contributed by atoms with E-state index in [-0.39, 0.29) is 0 Å². The van der Waals surface area contributed by atoms with Crippen LogP contribution in [0.3, 0.4) is 0 Å². The molecule has 130 valence electrons. The van der Waals surface area contributed by atoms with Crippen LogP contribution in [-0.4, -0.2) is 0 Å². The molecule has 0 spiro atoms. The Bertz CT molecular complexity index is 571. The van der Waals surface area contributed by atoms with E-state index < -0.39 is 0 Å². The van der Waals surface area contributed by atoms with Gasteiger partial charge >= 0.3 is 0 Å². The Morgan fingerprint density at radius 2 is 1.42 bits per heavy atom. The zero-order chi connectivity index (χ0) is 17.0. The molecule has 0 amide bonds. The van der Waals surface area contributed by atoms with Crippen molar-refractivity contribution in [1.29, 1.82) is 0 Å². The Morgan fingerprint density at radius 1 is 0.708 bits per heavy atom. The predicted octanol–water partition coefficient (Wildman–Crippen LogP) is 6.76. The Labute approximate surface area is 148 Å². The Morgan fingerprint density at radius 3 is 2.17 bits per heavy atom. The Balaban J connectivity index is 1.71. The lowest BCUT2D eigenvalue weighted by Gasteiger charge is -2.09. The first-order chi connectivity index (χ1) is 11.8. The molecule has 2 rings (SSSR count). The molecule has 0 aliphatic rings. The fraction of sp³-hybridized carbons (Fsp3) is 0.478. The lowest BCUT2D eigenvalue weighted by atomic mass is 10.0. The molecule has 0 unspecified atom stereocenters. The van der Waals surface area contributed by atoms with Crippen molar-refractivity contribution in [2.45, 2.75) is 71.8 Å². The summed E-state index contributed by atoms with van der Waals surface area (Å²) in [6.45, 7) is 5.36. The van der Waals surface area contributed by atoms with E-state index in [1.165, 1.54) is 67.3 Å². The van der Waals surface area contributed by atoms with E-state index in [0.29, 0.717) is 0 Å². The van der Waals surface area contributed by atoms with Gasteiger partial charge in [-0.15, -0.1) is 0 Å². The number of benzene rings is 2. The van der Waals surface area contributed by atoms with Gasteiger partial charge in [-0.25, -0.2) is 0 Å². The van der Waals surface area contributed by atoms with E-state index >= 15 is 0 Å². The SMILES string of the molecule is CCCCCCCCc1ccc(CNc2cccc(CC)c2)cc1. The molecule has 1 heteroatoms. The highest BCUT2D eigenvalue weighted by molar-refractivity contribution is 5.46. The quantitative estimate of drug-likeness (QED) is 0.450. The maximum atomic E-state index is 3.53. The van der Waals surface area contributed by atoms with Gasteiger partial charge in [-0.3, -0.25) is 0 Å². The molecule has 1 nitrogen and oxygen atoms in total. The molecule has 0 atom stereocenters. The average Bonchev–Trinajstić information content (AvgIpc) is 2.64. The fourth-order valence-electron chi connectivity index (χ4n) is 3.04. The van der Waals surface area contributed by atoms with Crippen molar-refractivity contribution in [2.24, 2.45) is 0 Å². The highest BCUT2D eigenvalue weighted by Gasteiger charge is 1.98. The van der Waals surface area contributed by atoms with Gasteiger partial charge in [0.05, 0.1) is 0 Å². The van der Waals surface area contributed by atoms with Crippen LogP contribution in [-0.2, 0) is 19.4 Å². The van der Waals surface area contributed by atoms with Gasteiger partial charge in [0, 0.05) is 12.2 Å². The third kappa shape index (κ3) is 6.78. The van der Waals surface area contributed by atoms with Crippen molar-refractivity contribution >= 4 is 5.69 Å². The third-order valence-electron chi connectivity index (χ3n) is 4.67. The summed E-state index contributed by atoms with van der Waals surface area (Å²) in [6, 6.07) is 17.8. The number of hydrogen-bond acceptors (Lipinski definition) is 1. The van der Waals surface area contributed by atoms with Gasteiger partial charge in [0.2, 0.25) is 0 Å². The summed E-state index contributed by atoms with van der Waals surface area (Å²) in [5.41, 5.74) is 5.42. The lowest BCUT2D eigenvalue weighted by molar-refractivity contribution is 0.607. The largest absolute Gasteiger partial charge is 0.381 e. The first-order valence-electron chi connectivity index (χ1n) is 9.72. The molecule has 0 fully saturated rings. The molecule has 0 heterocycles. The molecular formula is C23H33N. The Hall–Kier alpha value is -1.76. The van der Waals surface area contributed by atoms with Crippen molar-refractivity contribution in [3.63, 3.8) is 0 Å². The van der Waals surface area contributed by atoms with Crippen molar-refractivity contribution in [2.75, 3.05) is 5.32 Å². The number of nitrogens with one attached hydrogen (secondary N) is 1. The lowest BCUT2D eigenvalue weighted by Crippen LogP contribution is -2.00. The molecule has 0 aliphatic carbocycles. The van der Waals surface area contributed by atoms with Gasteiger partial charge in [-0.05, 0) is 48.1 Å². The van der Waals surface area contributed by atoms with Crippen molar-refractivity contribution < 1.29 is 0 Å². The second-order valence-corrected chi connectivity index (χ2v) is 6.74. The first-order valence-corrected chi connectivity index (χ1v) is 9.72. The normalized spacial score (nSPS) is 10.8. The zero-order valence-corrected chi connectivity index (χ0v) is 15.5. The second kappa shape index (κ2) is 10.9. The van der Waals surface area contributed by atoms with Gasteiger partial charge in [0.25, 0.3) is 0 Å². The fourth-order valence-corrected chi connectivity index (χ4v) is 3.04. The van der Waals surface area contributed by atoms with Crippen LogP contribution in [0, 0.1) is 0 Å². The monoisotopic (exact) mass is 323 g/mol. The number of aryl methyl sites for hydroxylation is 2. The summed E-state index contributed by atoms with van der Waals surface area (Å²) >= 11 is 0. The van der Waals surface area contributed by atoms with E-state index in [1.807, 2.05) is 0 Å². The molecule has 24 heavy (non-hydrogen) atoms. The standard InChI is InChI=1S/C23H33N/c1-3-5-6-7-8-9-11-21-14-16-22(17-15-21)19-24-23-13-10-12-20(4-2)18-23/h10,12-18,24H,3-9,11,19H2,1-2H3. The van der Waals surface area contributed by atoms with Gasteiger partial charge < -0.3 is 5.32 Å². The van der Waals surface area contributed by atoms with E-state index in [4.69, 9.17) is 0 Å². The van der Waals surface area contributed by atoms with Gasteiger partial charge in [0.1, 0.15) is 0 Å². The van der Waals surface area contributed by atoms with Crippen LogP contribution in [0.25, 0.3) is 0 Å². The smallest absolute Gasteiger partial charge is 0.0400 e. The van der Waals surface area contributed by atoms with E-state index in [0.717, 1.165) is 13.0 Å². The Kier molecular flexibility index (Phi) is 8.45. The van der Waals surface area contributed by atoms with Gasteiger partial charge in [-0.1, -0.05) is 82.3 Å². The number of unbranched alkanes of at least 4 members (excludes halogenated alkanes) is 5. The first kappa shape index (κ1) is 18.6. The van der Waals surface area contributed by atoms with Crippen LogP contribution >= 0.6 is 0 Å². The minimum absolute atomic E-state index is 0.893. The van der Waals surface area contributed by atoms with Crippen LogP contribution in [0.1, 0.15) is 69.1 Å². The highest BCUT2D eigenvalue weighted by Crippen LogP contribution is 2.14. The number of rotatable bonds is 11. The van der Waals surface area contributed by atoms with E-state index in [1.54, 1.807) is 0 Å². The van der Waals surface area contributed by atoms with Crippen molar-refractivity contribution in [1.82, 2.24) is 0 Å². The maximum absolute atomic E-state index is 3.53. The van der Waals surface area contributed by atoms with Crippen LogP contribution in [0.4, 0.5) is 5.69 Å². The average molecular weight is 324 g/mol. The molecule has 0 saturated heterocycles. The van der Waals surface area contributed by atoms with Crippen LogP contribution in [0.15, 0.2) is 48.5 Å². The summed E-state index contributed by atoms with van der Waals surface area (Å²) in [4.78, 5) is 0. The molecule has 0 saturated carbocycles. The minimum atomic E-state index is 0.893. The molecule has 0 aliphatic heterocycles. The molecule has 0 bridgehead atoms. The molecule has 2 aromatic carbocycles. The van der Waals surface area contributed by atoms with Crippen LogP contribution < -0.4 is 5.32 Å². The molecule has 0 aromatic heterocycles. The number of hydrogen-bond donors (Lipinski definition) is 1. The molecule has 2 aromatic rings. The van der Waals surface area contributed by atoms with Crippen molar-refractivity contribution in [3.05, 3.63) is 65.2 Å². The molecule has 0 radical (unpaired) electrons. The van der Waals surface area contributed by atoms with Crippen molar-refractivity contribution in [3.8, 4) is 0 Å². The topological polar surface area (TPSA) is 12.0 Å². The van der Waals surface area contributed by atoms with Gasteiger partial charge in [0.15, 0.2) is 0 Å². The highest BCUT2D eigenvalue weighted by atomic mass is 14.9. The van der Waals surface area contributed by atoms with E-state index in [9.17, 15) is 0 Å². The molecule has 1 N–H and O–H groups in total. The summed E-state index contributed by atoms with van der Waals surface area (Å²) < 4.78 is 0. The zero-order valence-electron chi connectivity index (χ0n) is 15.5. The van der Waals surface area contributed by atoms with Gasteiger partial charge in [-0.2, -0.15) is 0 Å². The van der Waals surface area contributed by atoms with Crippen LogP contribution in [0.2, 0.25) is 0 Å². The minimum Gasteiger partial charge on any atom is -0.381 e. The summed E-state index contributed by atoms with van der Waals surface area (Å²) in [6.07, 6.45) is 10.5. The number of anilines is 1. The third-order valence-corrected chi connectivity index (χ3v) is 4.67. The second-order valence-electron chi connectivity index (χ2n) is 6.74. The van der Waals surface area contributed by atoms with E-state index in [2.05, 4.69) is 67.7 Å². The van der Waals surface area contributed by atoms with Crippen LogP contribution in [0.5, 0.6) is 0 Å². The summed E-state index contributed by atoms with van der Waals surface area (Å²) in [5.74, 6) is 0. The predicted molar refractivity (Wildman–Crippen MR) is 107 cm³/mol. The summed E-state index contributed by atoms with van der Waals surface area (Å²) in [7, 11) is 0. The molecular weight excluding hydrogens is 290 g/mol. The summed E-state index contributed by atoms with van der Waals surface area (Å²) in [5, 5.41) is 3.53. The maximum Gasteiger partial charge on any atom is 0.0400 e.